The molecular weight excluding hydrogens is 390 g/mol. The quantitative estimate of drug-likeness (QED) is 0.705. The van der Waals surface area contributed by atoms with Gasteiger partial charge in [-0.25, -0.2) is 0 Å². The van der Waals surface area contributed by atoms with E-state index >= 15 is 0 Å². The highest BCUT2D eigenvalue weighted by Crippen LogP contribution is 2.31. The Morgan fingerprint density at radius 2 is 1.77 bits per heavy atom. The van der Waals surface area contributed by atoms with Crippen molar-refractivity contribution in [3.05, 3.63) is 53.6 Å². The summed E-state index contributed by atoms with van der Waals surface area (Å²) in [6.45, 7) is 3.89. The zero-order chi connectivity index (χ0) is 21.6. The van der Waals surface area contributed by atoms with Gasteiger partial charge in [-0.3, -0.25) is 9.69 Å². The lowest BCUT2D eigenvalue weighted by atomic mass is 9.96. The summed E-state index contributed by atoms with van der Waals surface area (Å²) >= 11 is 0. The number of likely N-dealkylation sites (tertiary alicyclic amines) is 1. The fraction of sp³-hybridized carbons (Fsp3) is 0.480. The second-order valence-electron chi connectivity index (χ2n) is 8.44. The van der Waals surface area contributed by atoms with Crippen LogP contribution in [0, 0.1) is 0 Å². The summed E-state index contributed by atoms with van der Waals surface area (Å²) in [7, 11) is 3.79. The smallest absolute Gasteiger partial charge is 0.258 e. The van der Waals surface area contributed by atoms with Crippen molar-refractivity contribution in [3.63, 3.8) is 0 Å². The summed E-state index contributed by atoms with van der Waals surface area (Å²) in [5.41, 5.74) is 4.06. The maximum Gasteiger partial charge on any atom is 0.258 e. The number of nitrogens with zero attached hydrogens (tertiary/aromatic N) is 2. The van der Waals surface area contributed by atoms with E-state index in [0.717, 1.165) is 31.8 Å². The highest BCUT2D eigenvalue weighted by atomic mass is 16.5. The molecule has 2 aromatic carbocycles. The Balaban J connectivity index is 1.38. The van der Waals surface area contributed by atoms with Crippen molar-refractivity contribution in [2.45, 2.75) is 31.7 Å². The van der Waals surface area contributed by atoms with Crippen molar-refractivity contribution in [1.82, 2.24) is 10.2 Å². The molecule has 2 aliphatic heterocycles. The topological polar surface area (TPSA) is 54.0 Å². The summed E-state index contributed by atoms with van der Waals surface area (Å²) < 4.78 is 10.8. The van der Waals surface area contributed by atoms with Gasteiger partial charge in [-0.15, -0.1) is 0 Å². The molecule has 2 heterocycles. The molecule has 6 nitrogen and oxygen atoms in total. The average Bonchev–Trinajstić information content (AvgIpc) is 3.33. The lowest BCUT2D eigenvalue weighted by molar-refractivity contribution is -0.123. The SMILES string of the molecule is COc1ccc(OCC(=O)NC[C@@H](c2ccc3c(c2)CCCN3C)N2CCCC2)cc1. The van der Waals surface area contributed by atoms with E-state index in [0.29, 0.717) is 12.3 Å². The van der Waals surface area contributed by atoms with Crippen molar-refractivity contribution in [2.75, 3.05) is 51.8 Å². The number of fused-ring (bicyclic) bond motifs is 1. The molecule has 0 saturated carbocycles. The van der Waals surface area contributed by atoms with Crippen LogP contribution in [-0.2, 0) is 11.2 Å². The second-order valence-corrected chi connectivity index (χ2v) is 8.44. The van der Waals surface area contributed by atoms with E-state index < -0.39 is 0 Å². The molecule has 4 rings (SSSR count). The van der Waals surface area contributed by atoms with Gasteiger partial charge in [0.1, 0.15) is 11.5 Å². The molecule has 166 valence electrons. The number of hydrogen-bond acceptors (Lipinski definition) is 5. The zero-order valence-corrected chi connectivity index (χ0v) is 18.6. The van der Waals surface area contributed by atoms with Gasteiger partial charge in [-0.05, 0) is 80.2 Å². The second kappa shape index (κ2) is 10.1. The standard InChI is InChI=1S/C25H33N3O3/c1-27-13-5-6-19-16-20(7-12-23(19)27)24(28-14-3-4-15-28)17-26-25(29)18-31-22-10-8-21(30-2)9-11-22/h7-12,16,24H,3-6,13-15,17-18H2,1-2H3,(H,26,29)/t24-/m0/s1. The fourth-order valence-electron chi connectivity index (χ4n) is 4.61. The third-order valence-electron chi connectivity index (χ3n) is 6.34. The Morgan fingerprint density at radius 3 is 2.52 bits per heavy atom. The van der Waals surface area contributed by atoms with E-state index in [-0.39, 0.29) is 18.6 Å². The Labute approximate surface area is 185 Å². The number of nitrogens with one attached hydrogen (secondary N) is 1. The van der Waals surface area contributed by atoms with Gasteiger partial charge in [-0.2, -0.15) is 0 Å². The van der Waals surface area contributed by atoms with Crippen LogP contribution in [0.25, 0.3) is 0 Å². The number of carbonyl (C=O) groups excluding carboxylic acids is 1. The predicted molar refractivity (Wildman–Crippen MR) is 123 cm³/mol. The number of hydrogen-bond donors (Lipinski definition) is 1. The van der Waals surface area contributed by atoms with E-state index in [1.54, 1.807) is 7.11 Å². The highest BCUT2D eigenvalue weighted by Gasteiger charge is 2.25. The van der Waals surface area contributed by atoms with Crippen LogP contribution >= 0.6 is 0 Å². The first kappa shape index (κ1) is 21.5. The molecule has 2 aliphatic rings. The van der Waals surface area contributed by atoms with Crippen molar-refractivity contribution in [1.29, 1.82) is 0 Å². The lowest BCUT2D eigenvalue weighted by Crippen LogP contribution is -2.38. The van der Waals surface area contributed by atoms with Gasteiger partial charge in [0.15, 0.2) is 6.61 Å². The number of anilines is 1. The first-order chi connectivity index (χ1) is 15.1. The van der Waals surface area contributed by atoms with Gasteiger partial charge in [0.25, 0.3) is 5.91 Å². The van der Waals surface area contributed by atoms with Gasteiger partial charge in [0.2, 0.25) is 0 Å². The highest BCUT2D eigenvalue weighted by molar-refractivity contribution is 5.77. The lowest BCUT2D eigenvalue weighted by Gasteiger charge is -2.32. The van der Waals surface area contributed by atoms with Crippen LogP contribution in [0.1, 0.15) is 36.4 Å². The molecule has 1 fully saturated rings. The van der Waals surface area contributed by atoms with Crippen LogP contribution in [-0.4, -0.2) is 57.8 Å². The average molecular weight is 424 g/mol. The summed E-state index contributed by atoms with van der Waals surface area (Å²) in [4.78, 5) is 17.3. The Bertz CT molecular complexity index is 878. The van der Waals surface area contributed by atoms with Crippen LogP contribution in [0.5, 0.6) is 11.5 Å². The summed E-state index contributed by atoms with van der Waals surface area (Å²) in [6, 6.07) is 14.3. The normalized spacial score (nSPS) is 17.2. The van der Waals surface area contributed by atoms with E-state index in [1.807, 2.05) is 24.3 Å². The van der Waals surface area contributed by atoms with Crippen LogP contribution in [0.2, 0.25) is 0 Å². The third kappa shape index (κ3) is 5.31. The molecule has 0 bridgehead atoms. The molecule has 0 aromatic heterocycles. The molecule has 6 heteroatoms. The minimum Gasteiger partial charge on any atom is -0.497 e. The van der Waals surface area contributed by atoms with Crippen LogP contribution in [0.15, 0.2) is 42.5 Å². The number of methoxy groups -OCH3 is 1. The fourth-order valence-corrected chi connectivity index (χ4v) is 4.61. The number of rotatable bonds is 8. The first-order valence-electron chi connectivity index (χ1n) is 11.3. The summed E-state index contributed by atoms with van der Waals surface area (Å²) in [6.07, 6.45) is 4.76. The monoisotopic (exact) mass is 423 g/mol. The van der Waals surface area contributed by atoms with E-state index in [2.05, 4.69) is 40.4 Å². The Kier molecular flexibility index (Phi) is 6.97. The van der Waals surface area contributed by atoms with E-state index in [4.69, 9.17) is 9.47 Å². The maximum absolute atomic E-state index is 12.5. The van der Waals surface area contributed by atoms with E-state index in [9.17, 15) is 4.79 Å². The summed E-state index contributed by atoms with van der Waals surface area (Å²) in [5, 5.41) is 3.10. The molecule has 1 N–H and O–H groups in total. The van der Waals surface area contributed by atoms with Crippen LogP contribution < -0.4 is 19.7 Å². The van der Waals surface area contributed by atoms with E-state index in [1.165, 1.54) is 36.1 Å². The Morgan fingerprint density at radius 1 is 1.03 bits per heavy atom. The van der Waals surface area contributed by atoms with Gasteiger partial charge >= 0.3 is 0 Å². The first-order valence-corrected chi connectivity index (χ1v) is 11.3. The van der Waals surface area contributed by atoms with Crippen LogP contribution in [0.3, 0.4) is 0 Å². The minimum absolute atomic E-state index is 0.00797. The van der Waals surface area contributed by atoms with Gasteiger partial charge in [0.05, 0.1) is 13.2 Å². The van der Waals surface area contributed by atoms with Gasteiger partial charge in [0, 0.05) is 25.8 Å². The largest absolute Gasteiger partial charge is 0.497 e. The van der Waals surface area contributed by atoms with Crippen molar-refractivity contribution >= 4 is 11.6 Å². The molecule has 2 aromatic rings. The molecule has 0 radical (unpaired) electrons. The summed E-state index contributed by atoms with van der Waals surface area (Å²) in [5.74, 6) is 1.32. The maximum atomic E-state index is 12.5. The zero-order valence-electron chi connectivity index (χ0n) is 18.6. The van der Waals surface area contributed by atoms with Crippen molar-refractivity contribution < 1.29 is 14.3 Å². The van der Waals surface area contributed by atoms with Crippen molar-refractivity contribution in [3.8, 4) is 11.5 Å². The number of aryl methyl sites for hydroxylation is 1. The number of ether oxygens (including phenoxy) is 2. The number of carbonyl (C=O) groups is 1. The van der Waals surface area contributed by atoms with Gasteiger partial charge < -0.3 is 19.7 Å². The van der Waals surface area contributed by atoms with Gasteiger partial charge in [-0.1, -0.05) is 12.1 Å². The molecular formula is C25H33N3O3. The molecule has 1 amide bonds. The molecule has 1 saturated heterocycles. The molecule has 0 unspecified atom stereocenters. The van der Waals surface area contributed by atoms with Crippen LogP contribution in [0.4, 0.5) is 5.69 Å². The molecule has 31 heavy (non-hydrogen) atoms. The number of amides is 1. The molecule has 0 spiro atoms. The number of benzene rings is 2. The van der Waals surface area contributed by atoms with Crippen molar-refractivity contribution in [2.24, 2.45) is 0 Å². The predicted octanol–water partition coefficient (Wildman–Crippen LogP) is 3.41. The molecule has 1 atom stereocenters. The molecule has 0 aliphatic carbocycles. The minimum atomic E-state index is -0.0993. The Hall–Kier alpha value is -2.73. The third-order valence-corrected chi connectivity index (χ3v) is 6.34.